The Hall–Kier alpha value is -0.0400. The number of hydrogen-bond acceptors (Lipinski definition) is 4. The predicted octanol–water partition coefficient (Wildman–Crippen LogP) is 1.28. The monoisotopic (exact) mass is 352 g/mol. The van der Waals surface area contributed by atoms with Gasteiger partial charge in [-0.15, -0.1) is 24.0 Å². The fourth-order valence-corrected chi connectivity index (χ4v) is 2.40. The summed E-state index contributed by atoms with van der Waals surface area (Å²) in [6, 6.07) is 0. The summed E-state index contributed by atoms with van der Waals surface area (Å²) in [5.74, 6) is 1.92. The quantitative estimate of drug-likeness (QED) is 0.752. The van der Waals surface area contributed by atoms with Crippen LogP contribution in [0.3, 0.4) is 0 Å². The van der Waals surface area contributed by atoms with Crippen LogP contribution in [-0.2, 0) is 0 Å². The molecule has 17 heavy (non-hydrogen) atoms. The molecule has 0 unspecified atom stereocenters. The first-order valence-corrected chi connectivity index (χ1v) is 6.55. The molecule has 1 saturated heterocycles. The Balaban J connectivity index is 0.00000144. The van der Waals surface area contributed by atoms with Crippen LogP contribution in [0.2, 0.25) is 0 Å². The molecule has 0 amide bonds. The Morgan fingerprint density at radius 2 is 2.18 bits per heavy atom. The number of guanidine groups is 1. The van der Waals surface area contributed by atoms with E-state index < -0.39 is 0 Å². The Kier molecular flexibility index (Phi) is 7.18. The van der Waals surface area contributed by atoms with Crippen molar-refractivity contribution in [3.63, 3.8) is 0 Å². The van der Waals surface area contributed by atoms with Crippen molar-refractivity contribution in [2.75, 3.05) is 39.8 Å². The van der Waals surface area contributed by atoms with Crippen molar-refractivity contribution in [3.8, 4) is 0 Å². The lowest BCUT2D eigenvalue weighted by molar-refractivity contribution is 0.213. The molecule has 0 aromatic carbocycles. The minimum Gasteiger partial charge on any atom is -0.356 e. The Labute approximate surface area is 122 Å². The third kappa shape index (κ3) is 5.42. The number of halogens is 1. The third-order valence-electron chi connectivity index (χ3n) is 3.58. The van der Waals surface area contributed by atoms with E-state index in [2.05, 4.69) is 27.6 Å². The average molecular weight is 352 g/mol. The van der Waals surface area contributed by atoms with Crippen LogP contribution in [0.5, 0.6) is 0 Å². The van der Waals surface area contributed by atoms with Gasteiger partial charge in [0.05, 0.1) is 0 Å². The third-order valence-corrected chi connectivity index (χ3v) is 3.58. The van der Waals surface area contributed by atoms with Gasteiger partial charge in [-0.3, -0.25) is 4.99 Å². The Morgan fingerprint density at radius 1 is 1.41 bits per heavy atom. The molecule has 0 aromatic rings. The van der Waals surface area contributed by atoms with Gasteiger partial charge in [-0.2, -0.15) is 0 Å². The van der Waals surface area contributed by atoms with E-state index in [1.165, 1.54) is 38.8 Å². The maximum Gasteiger partial charge on any atom is 0.191 e. The van der Waals surface area contributed by atoms with Crippen LogP contribution in [0.1, 0.15) is 25.7 Å². The summed E-state index contributed by atoms with van der Waals surface area (Å²) in [6.45, 7) is 5.65. The molecule has 5 heteroatoms. The number of rotatable bonds is 3. The van der Waals surface area contributed by atoms with Crippen molar-refractivity contribution >= 4 is 29.9 Å². The number of nitrogens with one attached hydrogen (secondary N) is 2. The Bertz CT molecular complexity index is 237. The van der Waals surface area contributed by atoms with Gasteiger partial charge in [0, 0.05) is 19.6 Å². The minimum absolute atomic E-state index is 0. The molecule has 0 radical (unpaired) electrons. The minimum atomic E-state index is 0. The summed E-state index contributed by atoms with van der Waals surface area (Å²) in [7, 11) is 2.22. The lowest BCUT2D eigenvalue weighted by atomic mass is 9.94. The number of piperidine rings is 1. The fourth-order valence-electron chi connectivity index (χ4n) is 2.40. The molecule has 2 aliphatic heterocycles. The molecule has 0 aromatic heterocycles. The van der Waals surface area contributed by atoms with Crippen molar-refractivity contribution in [3.05, 3.63) is 0 Å². The molecule has 2 N–H and O–H groups in total. The highest BCUT2D eigenvalue weighted by Crippen LogP contribution is 2.18. The zero-order valence-electron chi connectivity index (χ0n) is 10.7. The normalized spacial score (nSPS) is 22.3. The van der Waals surface area contributed by atoms with E-state index in [1.807, 2.05) is 0 Å². The summed E-state index contributed by atoms with van der Waals surface area (Å²) in [5, 5.41) is 6.70. The summed E-state index contributed by atoms with van der Waals surface area (Å²) in [5.41, 5.74) is 0. The molecule has 2 aliphatic rings. The first kappa shape index (κ1) is 15.0. The molecule has 4 nitrogen and oxygen atoms in total. The van der Waals surface area contributed by atoms with Gasteiger partial charge in [-0.1, -0.05) is 0 Å². The van der Waals surface area contributed by atoms with Gasteiger partial charge in [0.25, 0.3) is 0 Å². The van der Waals surface area contributed by atoms with Crippen LogP contribution in [0.4, 0.5) is 0 Å². The van der Waals surface area contributed by atoms with Crippen LogP contribution in [0.25, 0.3) is 0 Å². The molecular weight excluding hydrogens is 327 g/mol. The maximum atomic E-state index is 4.41. The molecule has 100 valence electrons. The van der Waals surface area contributed by atoms with E-state index in [9.17, 15) is 0 Å². The van der Waals surface area contributed by atoms with Gasteiger partial charge >= 0.3 is 0 Å². The van der Waals surface area contributed by atoms with Crippen LogP contribution in [0.15, 0.2) is 4.99 Å². The highest BCUT2D eigenvalue weighted by Gasteiger charge is 2.16. The summed E-state index contributed by atoms with van der Waals surface area (Å²) < 4.78 is 0. The van der Waals surface area contributed by atoms with Crippen LogP contribution < -0.4 is 10.6 Å². The van der Waals surface area contributed by atoms with E-state index in [0.29, 0.717) is 0 Å². The van der Waals surface area contributed by atoms with Gasteiger partial charge in [0.15, 0.2) is 5.96 Å². The highest BCUT2D eigenvalue weighted by molar-refractivity contribution is 14.0. The predicted molar refractivity (Wildman–Crippen MR) is 83.2 cm³/mol. The lowest BCUT2D eigenvalue weighted by Crippen LogP contribution is -2.41. The molecule has 0 spiro atoms. The highest BCUT2D eigenvalue weighted by atomic mass is 127. The second-order valence-corrected chi connectivity index (χ2v) is 4.97. The van der Waals surface area contributed by atoms with Crippen molar-refractivity contribution in [1.29, 1.82) is 0 Å². The van der Waals surface area contributed by atoms with Crippen molar-refractivity contribution in [2.24, 2.45) is 10.9 Å². The van der Waals surface area contributed by atoms with E-state index in [4.69, 9.17) is 0 Å². The zero-order chi connectivity index (χ0) is 11.2. The van der Waals surface area contributed by atoms with Gasteiger partial charge in [-0.05, 0) is 51.7 Å². The Morgan fingerprint density at radius 3 is 2.82 bits per heavy atom. The second kappa shape index (κ2) is 8.13. The number of nitrogens with zero attached hydrogens (tertiary/aromatic N) is 2. The first-order valence-electron chi connectivity index (χ1n) is 6.55. The summed E-state index contributed by atoms with van der Waals surface area (Å²) in [6.07, 6.45) is 5.17. The second-order valence-electron chi connectivity index (χ2n) is 4.97. The van der Waals surface area contributed by atoms with E-state index in [0.717, 1.165) is 31.5 Å². The number of likely N-dealkylation sites (tertiary alicyclic amines) is 1. The van der Waals surface area contributed by atoms with Gasteiger partial charge in [-0.25, -0.2) is 0 Å². The lowest BCUT2D eigenvalue weighted by Gasteiger charge is -2.29. The van der Waals surface area contributed by atoms with Gasteiger partial charge in [0.1, 0.15) is 0 Å². The van der Waals surface area contributed by atoms with Gasteiger partial charge in [0.2, 0.25) is 0 Å². The topological polar surface area (TPSA) is 39.7 Å². The summed E-state index contributed by atoms with van der Waals surface area (Å²) in [4.78, 5) is 6.84. The zero-order valence-corrected chi connectivity index (χ0v) is 13.1. The molecule has 2 heterocycles. The van der Waals surface area contributed by atoms with E-state index in [-0.39, 0.29) is 24.0 Å². The summed E-state index contributed by atoms with van der Waals surface area (Å²) >= 11 is 0. The molecular formula is C12H25IN4. The van der Waals surface area contributed by atoms with E-state index in [1.54, 1.807) is 0 Å². The van der Waals surface area contributed by atoms with Crippen molar-refractivity contribution in [2.45, 2.75) is 25.7 Å². The molecule has 0 bridgehead atoms. The van der Waals surface area contributed by atoms with Crippen molar-refractivity contribution in [1.82, 2.24) is 15.5 Å². The average Bonchev–Trinajstić information content (AvgIpc) is 2.33. The fraction of sp³-hybridized carbons (Fsp3) is 0.917. The molecule has 1 fully saturated rings. The van der Waals surface area contributed by atoms with Gasteiger partial charge < -0.3 is 15.5 Å². The number of hydrogen-bond donors (Lipinski definition) is 2. The molecule has 0 atom stereocenters. The smallest absolute Gasteiger partial charge is 0.191 e. The SMILES string of the molecule is CN1CCC(CCNC2=NCCCN2)CC1.I. The molecule has 0 aliphatic carbocycles. The van der Waals surface area contributed by atoms with Crippen LogP contribution in [-0.4, -0.2) is 50.6 Å². The number of aliphatic imine (C=N–C) groups is 1. The van der Waals surface area contributed by atoms with Crippen LogP contribution in [0, 0.1) is 5.92 Å². The van der Waals surface area contributed by atoms with Crippen molar-refractivity contribution < 1.29 is 0 Å². The largest absolute Gasteiger partial charge is 0.356 e. The standard InChI is InChI=1S/C12H24N4.HI/c1-16-9-4-11(5-10-16)3-8-15-12-13-6-2-7-14-12;/h11H,2-10H2,1H3,(H2,13,14,15);1H. The maximum absolute atomic E-state index is 4.41. The first-order chi connectivity index (χ1) is 7.84. The van der Waals surface area contributed by atoms with E-state index >= 15 is 0 Å². The molecule has 2 rings (SSSR count). The van der Waals surface area contributed by atoms with Crippen LogP contribution >= 0.6 is 24.0 Å². The molecule has 0 saturated carbocycles.